The number of carbonyl (C=O) groups excluding carboxylic acids is 2. The fourth-order valence-corrected chi connectivity index (χ4v) is 5.61. The van der Waals surface area contributed by atoms with Gasteiger partial charge in [-0.05, 0) is 60.7 Å². The maximum absolute atomic E-state index is 13.7. The van der Waals surface area contributed by atoms with Crippen molar-refractivity contribution in [2.75, 3.05) is 31.1 Å². The lowest BCUT2D eigenvalue weighted by atomic mass is 10.1. The van der Waals surface area contributed by atoms with Gasteiger partial charge in [0.1, 0.15) is 5.82 Å². The van der Waals surface area contributed by atoms with Crippen molar-refractivity contribution in [2.45, 2.75) is 46.2 Å². The van der Waals surface area contributed by atoms with Crippen molar-refractivity contribution < 1.29 is 9.59 Å². The zero-order valence-electron chi connectivity index (χ0n) is 23.2. The number of benzene rings is 3. The van der Waals surface area contributed by atoms with E-state index in [2.05, 4.69) is 45.2 Å². The number of amides is 2. The van der Waals surface area contributed by atoms with Crippen LogP contribution in [0.5, 0.6) is 0 Å². The molecule has 1 aliphatic heterocycles. The van der Waals surface area contributed by atoms with Gasteiger partial charge in [0, 0.05) is 57.6 Å². The van der Waals surface area contributed by atoms with E-state index in [9.17, 15) is 9.59 Å². The minimum Gasteiger partial charge on any atom is -0.342 e. The van der Waals surface area contributed by atoms with Crippen LogP contribution in [-0.2, 0) is 29.1 Å². The SMILES string of the molecule is CC(=O)N1CCCN(Cc2ccccc2)CCN(C(=O)CCc2ccc3nc(C)[nH]c3c2)Cc2ccc(Cl)cc21. The molecule has 1 aromatic heterocycles. The Hall–Kier alpha value is -3.68. The summed E-state index contributed by atoms with van der Waals surface area (Å²) in [5.74, 6) is 0.944. The fraction of sp³-hybridized carbons (Fsp3) is 0.344. The molecule has 8 heteroatoms. The third kappa shape index (κ3) is 6.90. The number of aromatic amines is 1. The topological polar surface area (TPSA) is 72.5 Å². The highest BCUT2D eigenvalue weighted by atomic mass is 35.5. The van der Waals surface area contributed by atoms with Crippen molar-refractivity contribution in [1.29, 1.82) is 0 Å². The summed E-state index contributed by atoms with van der Waals surface area (Å²) in [4.78, 5) is 40.4. The van der Waals surface area contributed by atoms with Gasteiger partial charge < -0.3 is 14.8 Å². The molecule has 1 N–H and O–H groups in total. The van der Waals surface area contributed by atoms with Crippen molar-refractivity contribution >= 4 is 40.1 Å². The molecular formula is C32H36ClN5O2. The summed E-state index contributed by atoms with van der Waals surface area (Å²) in [5.41, 5.74) is 5.97. The molecule has 3 aromatic carbocycles. The maximum atomic E-state index is 13.7. The van der Waals surface area contributed by atoms with Gasteiger partial charge in [-0.2, -0.15) is 0 Å². The standard InChI is InChI=1S/C32H36ClN5O2/c1-23-34-29-13-9-25(19-30(29)35-23)10-14-32(40)37-18-17-36(21-26-7-4-3-5-8-26)15-6-16-38(24(2)39)31-20-28(33)12-11-27(31)22-37/h3-5,7-9,11-13,19-20H,6,10,14-18,21-22H2,1-2H3,(H,34,35). The number of carbonyl (C=O) groups is 2. The van der Waals surface area contributed by atoms with Gasteiger partial charge >= 0.3 is 0 Å². The van der Waals surface area contributed by atoms with Crippen LogP contribution in [0.4, 0.5) is 5.69 Å². The highest BCUT2D eigenvalue weighted by Crippen LogP contribution is 2.28. The smallest absolute Gasteiger partial charge is 0.223 e. The van der Waals surface area contributed by atoms with Gasteiger partial charge in [0.25, 0.3) is 0 Å². The van der Waals surface area contributed by atoms with Crippen LogP contribution in [0.15, 0.2) is 66.7 Å². The van der Waals surface area contributed by atoms with Crippen LogP contribution in [0.25, 0.3) is 11.0 Å². The number of hydrogen-bond acceptors (Lipinski definition) is 4. The van der Waals surface area contributed by atoms with Crippen LogP contribution >= 0.6 is 11.6 Å². The van der Waals surface area contributed by atoms with Crippen LogP contribution in [0.1, 0.15) is 42.3 Å². The Labute approximate surface area is 240 Å². The Morgan fingerprint density at radius 1 is 0.950 bits per heavy atom. The van der Waals surface area contributed by atoms with E-state index < -0.39 is 0 Å². The molecule has 40 heavy (non-hydrogen) atoms. The van der Waals surface area contributed by atoms with Gasteiger partial charge in [0.15, 0.2) is 0 Å². The molecule has 2 amide bonds. The molecule has 0 spiro atoms. The molecule has 7 nitrogen and oxygen atoms in total. The van der Waals surface area contributed by atoms with Crippen molar-refractivity contribution in [3.63, 3.8) is 0 Å². The van der Waals surface area contributed by atoms with E-state index in [0.717, 1.165) is 59.7 Å². The number of halogens is 1. The predicted molar refractivity (Wildman–Crippen MR) is 160 cm³/mol. The minimum absolute atomic E-state index is 0.0281. The van der Waals surface area contributed by atoms with Crippen LogP contribution < -0.4 is 4.90 Å². The second-order valence-electron chi connectivity index (χ2n) is 10.5. The molecule has 4 aromatic rings. The van der Waals surface area contributed by atoms with Gasteiger partial charge in [0.2, 0.25) is 11.8 Å². The van der Waals surface area contributed by atoms with E-state index in [-0.39, 0.29) is 11.8 Å². The van der Waals surface area contributed by atoms with E-state index in [1.54, 1.807) is 11.8 Å². The van der Waals surface area contributed by atoms with Crippen molar-refractivity contribution in [3.8, 4) is 0 Å². The molecule has 0 radical (unpaired) electrons. The predicted octanol–water partition coefficient (Wildman–Crippen LogP) is 5.74. The first-order valence-corrected chi connectivity index (χ1v) is 14.3. The molecule has 1 aliphatic rings. The summed E-state index contributed by atoms with van der Waals surface area (Å²) in [6, 6.07) is 22.2. The Morgan fingerprint density at radius 2 is 1.77 bits per heavy atom. The fourth-order valence-electron chi connectivity index (χ4n) is 5.44. The quantitative estimate of drug-likeness (QED) is 0.339. The Morgan fingerprint density at radius 3 is 2.58 bits per heavy atom. The number of imidazole rings is 1. The lowest BCUT2D eigenvalue weighted by Crippen LogP contribution is -2.38. The highest BCUT2D eigenvalue weighted by Gasteiger charge is 2.23. The molecule has 0 saturated carbocycles. The molecule has 0 fully saturated rings. The lowest BCUT2D eigenvalue weighted by Gasteiger charge is -2.28. The summed E-state index contributed by atoms with van der Waals surface area (Å²) >= 11 is 6.39. The molecule has 208 valence electrons. The Kier molecular flexibility index (Phi) is 8.82. The second-order valence-corrected chi connectivity index (χ2v) is 11.0. The summed E-state index contributed by atoms with van der Waals surface area (Å²) in [6.45, 7) is 7.52. The lowest BCUT2D eigenvalue weighted by molar-refractivity contribution is -0.132. The number of nitrogens with one attached hydrogen (secondary N) is 1. The number of H-pyrrole nitrogens is 1. The zero-order chi connectivity index (χ0) is 28.1. The average Bonchev–Trinajstić information content (AvgIpc) is 3.30. The first-order valence-electron chi connectivity index (χ1n) is 13.9. The van der Waals surface area contributed by atoms with E-state index in [0.29, 0.717) is 37.5 Å². The molecule has 2 heterocycles. The monoisotopic (exact) mass is 557 g/mol. The van der Waals surface area contributed by atoms with E-state index in [4.69, 9.17) is 11.6 Å². The van der Waals surface area contributed by atoms with E-state index in [1.807, 2.05) is 48.2 Å². The number of fused-ring (bicyclic) bond motifs is 2. The van der Waals surface area contributed by atoms with Gasteiger partial charge in [-0.3, -0.25) is 14.5 Å². The third-order valence-corrected chi connectivity index (χ3v) is 7.75. The maximum Gasteiger partial charge on any atom is 0.223 e. The van der Waals surface area contributed by atoms with Crippen molar-refractivity contribution in [1.82, 2.24) is 19.8 Å². The molecular weight excluding hydrogens is 522 g/mol. The minimum atomic E-state index is -0.0281. The van der Waals surface area contributed by atoms with E-state index in [1.165, 1.54) is 5.56 Å². The zero-order valence-corrected chi connectivity index (χ0v) is 24.0. The average molecular weight is 558 g/mol. The number of nitrogens with zero attached hydrogens (tertiary/aromatic N) is 4. The number of hydrogen-bond donors (Lipinski definition) is 1. The Balaban J connectivity index is 1.39. The third-order valence-electron chi connectivity index (χ3n) is 7.52. The van der Waals surface area contributed by atoms with Gasteiger partial charge in [-0.15, -0.1) is 0 Å². The highest BCUT2D eigenvalue weighted by molar-refractivity contribution is 6.31. The van der Waals surface area contributed by atoms with Crippen molar-refractivity contribution in [3.05, 3.63) is 94.3 Å². The van der Waals surface area contributed by atoms with Gasteiger partial charge in [-0.1, -0.05) is 54.1 Å². The normalized spacial score (nSPS) is 15.1. The van der Waals surface area contributed by atoms with Crippen molar-refractivity contribution in [2.24, 2.45) is 0 Å². The number of aromatic nitrogens is 2. The molecule has 0 atom stereocenters. The summed E-state index contributed by atoms with van der Waals surface area (Å²) < 4.78 is 0. The summed E-state index contributed by atoms with van der Waals surface area (Å²) in [5, 5.41) is 0.577. The molecule has 0 unspecified atom stereocenters. The first kappa shape index (κ1) is 27.9. The molecule has 5 rings (SSSR count). The molecule has 0 aliphatic carbocycles. The number of rotatable bonds is 5. The largest absolute Gasteiger partial charge is 0.342 e. The Bertz CT molecular complexity index is 1490. The van der Waals surface area contributed by atoms with Crippen LogP contribution in [0, 0.1) is 6.92 Å². The molecule has 0 saturated heterocycles. The summed E-state index contributed by atoms with van der Waals surface area (Å²) in [7, 11) is 0. The van der Waals surface area contributed by atoms with E-state index >= 15 is 0 Å². The number of aryl methyl sites for hydroxylation is 2. The second kappa shape index (κ2) is 12.7. The van der Waals surface area contributed by atoms with Gasteiger partial charge in [-0.25, -0.2) is 4.98 Å². The van der Waals surface area contributed by atoms with Gasteiger partial charge in [0.05, 0.1) is 16.7 Å². The number of anilines is 1. The van der Waals surface area contributed by atoms with Crippen LogP contribution in [0.3, 0.4) is 0 Å². The van der Waals surface area contributed by atoms with Crippen LogP contribution in [0.2, 0.25) is 5.02 Å². The molecule has 0 bridgehead atoms. The summed E-state index contributed by atoms with van der Waals surface area (Å²) in [6.07, 6.45) is 1.86. The first-order chi connectivity index (χ1) is 19.4. The van der Waals surface area contributed by atoms with Crippen LogP contribution in [-0.4, -0.2) is 57.8 Å².